The molecule has 1 aliphatic rings. The number of anilines is 1. The van der Waals surface area contributed by atoms with E-state index in [-0.39, 0.29) is 5.91 Å². The number of aromatic nitrogens is 1. The van der Waals surface area contributed by atoms with Crippen molar-refractivity contribution < 1.29 is 4.79 Å². The second-order valence-corrected chi connectivity index (χ2v) is 7.71. The zero-order valence-electron chi connectivity index (χ0n) is 17.1. The molecule has 3 heterocycles. The van der Waals surface area contributed by atoms with E-state index in [2.05, 4.69) is 52.4 Å². The number of hydrogen-bond acceptors (Lipinski definition) is 3. The summed E-state index contributed by atoms with van der Waals surface area (Å²) in [7, 11) is 0. The molecule has 2 aromatic rings. The Bertz CT molecular complexity index is 742. The lowest BCUT2D eigenvalue weighted by Crippen LogP contribution is -2.33. The van der Waals surface area contributed by atoms with Crippen LogP contribution in [0, 0.1) is 5.92 Å². The Morgan fingerprint density at radius 2 is 1.85 bits per heavy atom. The van der Waals surface area contributed by atoms with Gasteiger partial charge < -0.3 is 19.5 Å². The Morgan fingerprint density at radius 3 is 2.56 bits per heavy atom. The first kappa shape index (κ1) is 19.7. The Morgan fingerprint density at radius 1 is 1.15 bits per heavy atom. The number of fused-ring (bicyclic) bond motifs is 1. The Labute approximate surface area is 163 Å². The molecule has 0 bridgehead atoms. The van der Waals surface area contributed by atoms with E-state index in [1.54, 1.807) is 0 Å². The van der Waals surface area contributed by atoms with Gasteiger partial charge in [-0.3, -0.25) is 4.79 Å². The highest BCUT2D eigenvalue weighted by Gasteiger charge is 2.18. The van der Waals surface area contributed by atoms with E-state index in [0.29, 0.717) is 0 Å². The molecule has 0 spiro atoms. The zero-order valence-corrected chi connectivity index (χ0v) is 17.1. The third-order valence-electron chi connectivity index (χ3n) is 5.83. The van der Waals surface area contributed by atoms with E-state index in [4.69, 9.17) is 0 Å². The van der Waals surface area contributed by atoms with Crippen LogP contribution in [0.5, 0.6) is 0 Å². The molecule has 5 nitrogen and oxygen atoms in total. The fraction of sp³-hybridized carbons (Fsp3) is 0.591. The van der Waals surface area contributed by atoms with Gasteiger partial charge in [0, 0.05) is 31.3 Å². The number of hydrogen-bond donors (Lipinski definition) is 1. The first-order chi connectivity index (χ1) is 13.1. The number of pyridine rings is 1. The van der Waals surface area contributed by atoms with Gasteiger partial charge in [-0.1, -0.05) is 20.8 Å². The lowest BCUT2D eigenvalue weighted by Gasteiger charge is -2.31. The summed E-state index contributed by atoms with van der Waals surface area (Å²) in [5.41, 5.74) is 1.87. The van der Waals surface area contributed by atoms with Gasteiger partial charge in [0.25, 0.3) is 5.91 Å². The number of amides is 1. The maximum absolute atomic E-state index is 12.6. The van der Waals surface area contributed by atoms with Gasteiger partial charge in [-0.2, -0.15) is 0 Å². The Balaban J connectivity index is 1.63. The minimum atomic E-state index is 0.0170. The lowest BCUT2D eigenvalue weighted by molar-refractivity contribution is 0.0951. The third kappa shape index (κ3) is 4.83. The van der Waals surface area contributed by atoms with Crippen molar-refractivity contribution in [2.24, 2.45) is 5.92 Å². The Kier molecular flexibility index (Phi) is 6.78. The van der Waals surface area contributed by atoms with Gasteiger partial charge in [0.05, 0.1) is 5.56 Å². The van der Waals surface area contributed by atoms with Gasteiger partial charge in [0.15, 0.2) is 0 Å². The molecule has 3 rings (SSSR count). The van der Waals surface area contributed by atoms with E-state index >= 15 is 0 Å². The standard InChI is InChI=1S/C22H34N4O/c1-4-24(5-2)14-6-13-23-22(27)19-7-8-20-9-10-21(26(20)17-19)25-15-11-18(3)12-16-25/h7-10,17-18H,4-6,11-16H2,1-3H3,(H,23,27). The molecule has 0 atom stereocenters. The molecule has 27 heavy (non-hydrogen) atoms. The molecule has 1 N–H and O–H groups in total. The van der Waals surface area contributed by atoms with E-state index in [1.165, 1.54) is 18.7 Å². The molecule has 1 aliphatic heterocycles. The predicted molar refractivity (Wildman–Crippen MR) is 113 cm³/mol. The van der Waals surface area contributed by atoms with Gasteiger partial charge in [0.1, 0.15) is 5.82 Å². The molecule has 0 saturated carbocycles. The molecule has 5 heteroatoms. The van der Waals surface area contributed by atoms with E-state index < -0.39 is 0 Å². The summed E-state index contributed by atoms with van der Waals surface area (Å²) in [4.78, 5) is 17.4. The summed E-state index contributed by atoms with van der Waals surface area (Å²) in [5, 5.41) is 3.07. The highest BCUT2D eigenvalue weighted by molar-refractivity contribution is 5.94. The average Bonchev–Trinajstić information content (AvgIpc) is 3.12. The van der Waals surface area contributed by atoms with Gasteiger partial charge in [0.2, 0.25) is 0 Å². The van der Waals surface area contributed by atoms with Crippen LogP contribution in [0.25, 0.3) is 5.52 Å². The van der Waals surface area contributed by atoms with E-state index in [1.807, 2.05) is 18.3 Å². The molecule has 0 aromatic carbocycles. The van der Waals surface area contributed by atoms with Crippen LogP contribution >= 0.6 is 0 Å². The predicted octanol–water partition coefficient (Wildman–Crippen LogP) is 3.64. The quantitative estimate of drug-likeness (QED) is 0.721. The number of rotatable bonds is 8. The number of nitrogens with zero attached hydrogens (tertiary/aromatic N) is 3. The summed E-state index contributed by atoms with van der Waals surface area (Å²) in [5.74, 6) is 2.03. The van der Waals surface area contributed by atoms with Crippen molar-refractivity contribution in [2.45, 2.75) is 40.0 Å². The average molecular weight is 371 g/mol. The second-order valence-electron chi connectivity index (χ2n) is 7.71. The summed E-state index contributed by atoms with van der Waals surface area (Å²) in [6.07, 6.45) is 5.44. The normalized spacial score (nSPS) is 15.6. The van der Waals surface area contributed by atoms with Gasteiger partial charge in [-0.25, -0.2) is 0 Å². The van der Waals surface area contributed by atoms with Crippen molar-refractivity contribution in [3.8, 4) is 0 Å². The van der Waals surface area contributed by atoms with Crippen LogP contribution in [-0.2, 0) is 0 Å². The molecule has 1 amide bonds. The Hall–Kier alpha value is -2.01. The van der Waals surface area contributed by atoms with Crippen molar-refractivity contribution in [3.63, 3.8) is 0 Å². The topological polar surface area (TPSA) is 40.0 Å². The van der Waals surface area contributed by atoms with Gasteiger partial charge >= 0.3 is 0 Å². The minimum absolute atomic E-state index is 0.0170. The van der Waals surface area contributed by atoms with Crippen LogP contribution < -0.4 is 10.2 Å². The molecule has 0 aliphatic carbocycles. The minimum Gasteiger partial charge on any atom is -0.358 e. The molecule has 0 unspecified atom stereocenters. The van der Waals surface area contributed by atoms with Crippen molar-refractivity contribution in [3.05, 3.63) is 36.0 Å². The van der Waals surface area contributed by atoms with Crippen LogP contribution in [-0.4, -0.2) is 54.5 Å². The molecule has 1 saturated heterocycles. The van der Waals surface area contributed by atoms with Crippen molar-refractivity contribution >= 4 is 17.2 Å². The number of nitrogens with one attached hydrogen (secondary N) is 1. The maximum Gasteiger partial charge on any atom is 0.252 e. The summed E-state index contributed by atoms with van der Waals surface area (Å²) in [6.45, 7) is 12.7. The zero-order chi connectivity index (χ0) is 19.2. The monoisotopic (exact) mass is 370 g/mol. The first-order valence-electron chi connectivity index (χ1n) is 10.5. The molecular weight excluding hydrogens is 336 g/mol. The van der Waals surface area contributed by atoms with Crippen molar-refractivity contribution in [1.29, 1.82) is 0 Å². The maximum atomic E-state index is 12.6. The number of piperidine rings is 1. The van der Waals surface area contributed by atoms with Crippen LogP contribution in [0.15, 0.2) is 30.5 Å². The molecule has 148 valence electrons. The van der Waals surface area contributed by atoms with Crippen LogP contribution in [0.1, 0.15) is 50.4 Å². The molecular formula is C22H34N4O. The number of carbonyl (C=O) groups excluding carboxylic acids is 1. The van der Waals surface area contributed by atoms with Gasteiger partial charge in [-0.05, 0) is 69.1 Å². The fourth-order valence-electron chi connectivity index (χ4n) is 3.86. The third-order valence-corrected chi connectivity index (χ3v) is 5.83. The molecule has 1 fully saturated rings. The van der Waals surface area contributed by atoms with Crippen molar-refractivity contribution in [2.75, 3.05) is 44.2 Å². The van der Waals surface area contributed by atoms with Crippen LogP contribution in [0.3, 0.4) is 0 Å². The summed E-state index contributed by atoms with van der Waals surface area (Å²) >= 11 is 0. The molecule has 2 aromatic heterocycles. The highest BCUT2D eigenvalue weighted by Crippen LogP contribution is 2.25. The highest BCUT2D eigenvalue weighted by atomic mass is 16.1. The second kappa shape index (κ2) is 9.27. The van der Waals surface area contributed by atoms with Crippen molar-refractivity contribution in [1.82, 2.24) is 14.6 Å². The SMILES string of the molecule is CCN(CC)CCCNC(=O)c1ccc2ccc(N3CCC(C)CC3)n2c1. The molecule has 0 radical (unpaired) electrons. The number of carbonyl (C=O) groups is 1. The van der Waals surface area contributed by atoms with Gasteiger partial charge in [-0.15, -0.1) is 0 Å². The van der Waals surface area contributed by atoms with Crippen LogP contribution in [0.2, 0.25) is 0 Å². The van der Waals surface area contributed by atoms with E-state index in [9.17, 15) is 4.79 Å². The smallest absolute Gasteiger partial charge is 0.252 e. The fourth-order valence-corrected chi connectivity index (χ4v) is 3.86. The largest absolute Gasteiger partial charge is 0.358 e. The van der Waals surface area contributed by atoms with E-state index in [0.717, 1.165) is 62.7 Å². The summed E-state index contributed by atoms with van der Waals surface area (Å²) in [6, 6.07) is 8.29. The lowest BCUT2D eigenvalue weighted by atomic mass is 9.99. The first-order valence-corrected chi connectivity index (χ1v) is 10.5. The van der Waals surface area contributed by atoms with Crippen LogP contribution in [0.4, 0.5) is 5.82 Å². The summed E-state index contributed by atoms with van der Waals surface area (Å²) < 4.78 is 2.17.